The van der Waals surface area contributed by atoms with Crippen molar-refractivity contribution in [3.8, 4) is 11.1 Å². The van der Waals surface area contributed by atoms with E-state index in [-0.39, 0.29) is 11.5 Å². The molecule has 0 spiro atoms. The van der Waals surface area contributed by atoms with Crippen molar-refractivity contribution < 1.29 is 9.53 Å². The standard InChI is InChI=1S/C18H15NO3/c1-2-22-18(21)13-9-7-12(8-10-13)15-11-17(20)19-16-6-4-3-5-14(15)16/h3-11H,2H2,1H3,(H,19,20). The number of fused-ring (bicyclic) bond motifs is 1. The summed E-state index contributed by atoms with van der Waals surface area (Å²) in [5.41, 5.74) is 2.87. The topological polar surface area (TPSA) is 59.2 Å². The second-order valence-electron chi connectivity index (χ2n) is 4.89. The summed E-state index contributed by atoms with van der Waals surface area (Å²) >= 11 is 0. The molecule has 22 heavy (non-hydrogen) atoms. The number of esters is 1. The minimum Gasteiger partial charge on any atom is -0.462 e. The number of para-hydroxylation sites is 1. The maximum absolute atomic E-state index is 11.8. The third kappa shape index (κ3) is 2.63. The van der Waals surface area contributed by atoms with E-state index in [1.165, 1.54) is 0 Å². The van der Waals surface area contributed by atoms with E-state index in [1.807, 2.05) is 36.4 Å². The first-order chi connectivity index (χ1) is 10.7. The van der Waals surface area contributed by atoms with Crippen molar-refractivity contribution >= 4 is 16.9 Å². The van der Waals surface area contributed by atoms with Gasteiger partial charge in [-0.05, 0) is 36.2 Å². The smallest absolute Gasteiger partial charge is 0.338 e. The van der Waals surface area contributed by atoms with Crippen LogP contribution < -0.4 is 5.56 Å². The molecule has 110 valence electrons. The Labute approximate surface area is 127 Å². The number of nitrogens with one attached hydrogen (secondary N) is 1. The van der Waals surface area contributed by atoms with Gasteiger partial charge < -0.3 is 9.72 Å². The van der Waals surface area contributed by atoms with E-state index in [9.17, 15) is 9.59 Å². The Hall–Kier alpha value is -2.88. The summed E-state index contributed by atoms with van der Waals surface area (Å²) in [6.07, 6.45) is 0. The molecule has 3 aromatic rings. The predicted molar refractivity (Wildman–Crippen MR) is 86.0 cm³/mol. The lowest BCUT2D eigenvalue weighted by molar-refractivity contribution is 0.0526. The Balaban J connectivity index is 2.08. The normalized spacial score (nSPS) is 10.6. The second-order valence-corrected chi connectivity index (χ2v) is 4.89. The number of aromatic amines is 1. The van der Waals surface area contributed by atoms with Crippen molar-refractivity contribution in [1.82, 2.24) is 4.98 Å². The summed E-state index contributed by atoms with van der Waals surface area (Å²) in [6.45, 7) is 2.12. The van der Waals surface area contributed by atoms with Crippen molar-refractivity contribution in [3.05, 3.63) is 70.5 Å². The third-order valence-electron chi connectivity index (χ3n) is 3.46. The van der Waals surface area contributed by atoms with Crippen molar-refractivity contribution in [1.29, 1.82) is 0 Å². The highest BCUT2D eigenvalue weighted by atomic mass is 16.5. The lowest BCUT2D eigenvalue weighted by Crippen LogP contribution is -2.05. The zero-order valence-electron chi connectivity index (χ0n) is 12.1. The highest BCUT2D eigenvalue weighted by Crippen LogP contribution is 2.26. The average molecular weight is 293 g/mol. The van der Waals surface area contributed by atoms with Crippen LogP contribution in [-0.4, -0.2) is 17.6 Å². The number of H-pyrrole nitrogens is 1. The molecule has 1 N–H and O–H groups in total. The van der Waals surface area contributed by atoms with Crippen LogP contribution in [0, 0.1) is 0 Å². The van der Waals surface area contributed by atoms with Gasteiger partial charge in [-0.3, -0.25) is 4.79 Å². The lowest BCUT2D eigenvalue weighted by Gasteiger charge is -2.07. The zero-order chi connectivity index (χ0) is 15.5. The number of hydrogen-bond acceptors (Lipinski definition) is 3. The molecule has 0 aliphatic rings. The quantitative estimate of drug-likeness (QED) is 0.753. The molecule has 0 aliphatic carbocycles. The number of benzene rings is 2. The molecule has 0 radical (unpaired) electrons. The molecule has 4 heteroatoms. The van der Waals surface area contributed by atoms with Crippen LogP contribution in [0.3, 0.4) is 0 Å². The number of rotatable bonds is 3. The van der Waals surface area contributed by atoms with Gasteiger partial charge in [0.2, 0.25) is 5.56 Å². The SMILES string of the molecule is CCOC(=O)c1ccc(-c2cc(=O)[nH]c3ccccc23)cc1. The Morgan fingerprint density at radius 1 is 1.09 bits per heavy atom. The highest BCUT2D eigenvalue weighted by molar-refractivity contribution is 5.95. The van der Waals surface area contributed by atoms with Crippen LogP contribution in [0.15, 0.2) is 59.4 Å². The fourth-order valence-corrected chi connectivity index (χ4v) is 2.44. The van der Waals surface area contributed by atoms with E-state index in [2.05, 4.69) is 4.98 Å². The summed E-state index contributed by atoms with van der Waals surface area (Å²) in [6, 6.07) is 16.3. The Bertz CT molecular complexity index is 879. The van der Waals surface area contributed by atoms with Crippen LogP contribution in [0.1, 0.15) is 17.3 Å². The molecule has 0 saturated heterocycles. The van der Waals surface area contributed by atoms with Gasteiger partial charge in [-0.25, -0.2) is 4.79 Å². The van der Waals surface area contributed by atoms with Crippen molar-refractivity contribution in [2.45, 2.75) is 6.92 Å². The molecule has 0 atom stereocenters. The molecule has 4 nitrogen and oxygen atoms in total. The molecular weight excluding hydrogens is 278 g/mol. The van der Waals surface area contributed by atoms with Gasteiger partial charge in [0.15, 0.2) is 0 Å². The predicted octanol–water partition coefficient (Wildman–Crippen LogP) is 3.37. The van der Waals surface area contributed by atoms with Gasteiger partial charge >= 0.3 is 5.97 Å². The molecule has 0 aliphatic heterocycles. The number of pyridine rings is 1. The molecule has 0 unspecified atom stereocenters. The van der Waals surface area contributed by atoms with Crippen LogP contribution in [0.4, 0.5) is 0 Å². The lowest BCUT2D eigenvalue weighted by atomic mass is 10.0. The first-order valence-corrected chi connectivity index (χ1v) is 7.08. The molecule has 0 saturated carbocycles. The number of aromatic nitrogens is 1. The number of carbonyl (C=O) groups is 1. The molecule has 0 fully saturated rings. The summed E-state index contributed by atoms with van der Waals surface area (Å²) in [4.78, 5) is 26.3. The van der Waals surface area contributed by atoms with E-state index in [0.29, 0.717) is 12.2 Å². The largest absolute Gasteiger partial charge is 0.462 e. The molecule has 0 bridgehead atoms. The molecule has 0 amide bonds. The monoisotopic (exact) mass is 293 g/mol. The maximum Gasteiger partial charge on any atom is 0.338 e. The van der Waals surface area contributed by atoms with Gasteiger partial charge in [-0.15, -0.1) is 0 Å². The van der Waals surface area contributed by atoms with Crippen LogP contribution in [0.5, 0.6) is 0 Å². The van der Waals surface area contributed by atoms with Gasteiger partial charge in [-0.1, -0.05) is 30.3 Å². The minimum atomic E-state index is -0.343. The summed E-state index contributed by atoms with van der Waals surface area (Å²) in [5.74, 6) is -0.343. The molecule has 1 aromatic heterocycles. The van der Waals surface area contributed by atoms with E-state index < -0.39 is 0 Å². The average Bonchev–Trinajstić information content (AvgIpc) is 2.54. The zero-order valence-corrected chi connectivity index (χ0v) is 12.1. The Morgan fingerprint density at radius 2 is 1.82 bits per heavy atom. The molecule has 3 rings (SSSR count). The molecule has 1 heterocycles. The summed E-state index contributed by atoms with van der Waals surface area (Å²) in [7, 11) is 0. The van der Waals surface area contributed by atoms with E-state index in [1.54, 1.807) is 25.1 Å². The van der Waals surface area contributed by atoms with E-state index in [4.69, 9.17) is 4.74 Å². The van der Waals surface area contributed by atoms with Gasteiger partial charge in [0.1, 0.15) is 0 Å². The van der Waals surface area contributed by atoms with Gasteiger partial charge in [0.25, 0.3) is 0 Å². The van der Waals surface area contributed by atoms with E-state index >= 15 is 0 Å². The Kier molecular flexibility index (Phi) is 3.74. The molecular formula is C18H15NO3. The van der Waals surface area contributed by atoms with Crippen LogP contribution in [0.2, 0.25) is 0 Å². The second kappa shape index (κ2) is 5.85. The van der Waals surface area contributed by atoms with Gasteiger partial charge in [-0.2, -0.15) is 0 Å². The highest BCUT2D eigenvalue weighted by Gasteiger charge is 2.09. The third-order valence-corrected chi connectivity index (χ3v) is 3.46. The Morgan fingerprint density at radius 3 is 2.55 bits per heavy atom. The minimum absolute atomic E-state index is 0.150. The fraction of sp³-hybridized carbons (Fsp3) is 0.111. The first-order valence-electron chi connectivity index (χ1n) is 7.08. The van der Waals surface area contributed by atoms with Gasteiger partial charge in [0, 0.05) is 17.0 Å². The van der Waals surface area contributed by atoms with Crippen LogP contribution >= 0.6 is 0 Å². The molecule has 2 aromatic carbocycles. The van der Waals surface area contributed by atoms with Crippen molar-refractivity contribution in [3.63, 3.8) is 0 Å². The van der Waals surface area contributed by atoms with Crippen LogP contribution in [-0.2, 0) is 4.74 Å². The number of hydrogen-bond donors (Lipinski definition) is 1. The number of ether oxygens (including phenoxy) is 1. The van der Waals surface area contributed by atoms with Crippen LogP contribution in [0.25, 0.3) is 22.0 Å². The first kappa shape index (κ1) is 14.1. The van der Waals surface area contributed by atoms with Crippen molar-refractivity contribution in [2.24, 2.45) is 0 Å². The summed E-state index contributed by atoms with van der Waals surface area (Å²) < 4.78 is 4.97. The number of carbonyl (C=O) groups excluding carboxylic acids is 1. The van der Waals surface area contributed by atoms with Crippen molar-refractivity contribution in [2.75, 3.05) is 6.61 Å². The van der Waals surface area contributed by atoms with E-state index in [0.717, 1.165) is 22.0 Å². The fourth-order valence-electron chi connectivity index (χ4n) is 2.44. The van der Waals surface area contributed by atoms with Gasteiger partial charge in [0.05, 0.1) is 12.2 Å². The summed E-state index contributed by atoms with van der Waals surface area (Å²) in [5, 5.41) is 0.964. The maximum atomic E-state index is 11.8.